The third-order valence-corrected chi connectivity index (χ3v) is 5.73. The molecule has 182 valence electrons. The number of carbonyl (C=O) groups is 2. The van der Waals surface area contributed by atoms with Gasteiger partial charge >= 0.3 is 6.09 Å². The van der Waals surface area contributed by atoms with Crippen LogP contribution in [0.2, 0.25) is 0 Å². The van der Waals surface area contributed by atoms with Gasteiger partial charge in [-0.05, 0) is 51.3 Å². The van der Waals surface area contributed by atoms with Gasteiger partial charge in [-0.25, -0.2) is 4.79 Å². The summed E-state index contributed by atoms with van der Waals surface area (Å²) in [5, 5.41) is 6.37. The lowest BCUT2D eigenvalue weighted by atomic mass is 10.1. The second-order valence-electron chi connectivity index (χ2n) is 9.48. The Labute approximate surface area is 212 Å². The molecule has 1 aromatic rings. The maximum Gasteiger partial charge on any atom is 0.410 e. The van der Waals surface area contributed by atoms with Gasteiger partial charge in [0.25, 0.3) is 5.91 Å². The van der Waals surface area contributed by atoms with Gasteiger partial charge in [-0.15, -0.1) is 24.0 Å². The first-order valence-corrected chi connectivity index (χ1v) is 11.3. The van der Waals surface area contributed by atoms with Gasteiger partial charge < -0.3 is 29.9 Å². The summed E-state index contributed by atoms with van der Waals surface area (Å²) in [5.74, 6) is 0.770. The van der Waals surface area contributed by atoms with Crippen molar-refractivity contribution in [3.63, 3.8) is 0 Å². The quantitative estimate of drug-likeness (QED) is 0.540. The number of fused-ring (bicyclic) bond motifs is 1. The Balaban J connectivity index is 0.00000306. The number of nitrogens with zero attached hydrogens (tertiary/aromatic N) is 3. The van der Waals surface area contributed by atoms with E-state index in [9.17, 15) is 9.59 Å². The van der Waals surface area contributed by atoms with E-state index in [0.29, 0.717) is 39.3 Å². The molecule has 0 bridgehead atoms. The van der Waals surface area contributed by atoms with Crippen molar-refractivity contribution in [2.45, 2.75) is 57.9 Å². The molecular formula is C23H34IN5O4. The van der Waals surface area contributed by atoms with Crippen LogP contribution in [0.4, 0.5) is 10.5 Å². The fourth-order valence-corrected chi connectivity index (χ4v) is 4.17. The molecule has 9 nitrogen and oxygen atoms in total. The molecule has 33 heavy (non-hydrogen) atoms. The largest absolute Gasteiger partial charge is 0.444 e. The third-order valence-electron chi connectivity index (χ3n) is 5.73. The molecule has 0 radical (unpaired) electrons. The highest BCUT2D eigenvalue weighted by molar-refractivity contribution is 14.0. The molecule has 0 saturated carbocycles. The molecule has 2 fully saturated rings. The SMILES string of the molecule is CC(C)(C)OC(=O)N1CCN2C(NCc3cccc(NC(=O)C4CCCO4)c3)=NCC2C1.I. The van der Waals surface area contributed by atoms with Crippen LogP contribution in [0.15, 0.2) is 29.3 Å². The van der Waals surface area contributed by atoms with E-state index in [4.69, 9.17) is 9.47 Å². The van der Waals surface area contributed by atoms with Crippen LogP contribution in [0.5, 0.6) is 0 Å². The lowest BCUT2D eigenvalue weighted by Gasteiger charge is -2.39. The van der Waals surface area contributed by atoms with E-state index in [-0.39, 0.29) is 48.1 Å². The van der Waals surface area contributed by atoms with Crippen molar-refractivity contribution in [2.75, 3.05) is 38.1 Å². The molecule has 0 aromatic heterocycles. The summed E-state index contributed by atoms with van der Waals surface area (Å²) in [4.78, 5) is 33.3. The van der Waals surface area contributed by atoms with Crippen molar-refractivity contribution < 1.29 is 19.1 Å². The minimum atomic E-state index is -0.495. The van der Waals surface area contributed by atoms with Gasteiger partial charge in [0.15, 0.2) is 5.96 Å². The van der Waals surface area contributed by atoms with E-state index in [2.05, 4.69) is 20.5 Å². The number of guanidine groups is 1. The number of amides is 2. The summed E-state index contributed by atoms with van der Waals surface area (Å²) in [6, 6.07) is 7.96. The molecule has 2 N–H and O–H groups in total. The Morgan fingerprint density at radius 1 is 1.27 bits per heavy atom. The van der Waals surface area contributed by atoms with E-state index in [1.165, 1.54) is 0 Å². The molecule has 3 aliphatic heterocycles. The van der Waals surface area contributed by atoms with Gasteiger partial charge in [-0.3, -0.25) is 9.79 Å². The summed E-state index contributed by atoms with van der Waals surface area (Å²) in [6.45, 7) is 9.47. The number of nitrogens with one attached hydrogen (secondary N) is 2. The summed E-state index contributed by atoms with van der Waals surface area (Å²) in [6.07, 6.45) is 1.09. The Bertz CT molecular complexity index is 882. The highest BCUT2D eigenvalue weighted by Crippen LogP contribution is 2.20. The molecule has 1 aromatic carbocycles. The second-order valence-corrected chi connectivity index (χ2v) is 9.48. The number of piperazine rings is 1. The number of aliphatic imine (C=N–C) groups is 1. The summed E-state index contributed by atoms with van der Waals surface area (Å²) >= 11 is 0. The van der Waals surface area contributed by atoms with Crippen LogP contribution in [0, 0.1) is 0 Å². The first-order valence-electron chi connectivity index (χ1n) is 11.3. The molecule has 2 atom stereocenters. The second kappa shape index (κ2) is 10.9. The van der Waals surface area contributed by atoms with E-state index < -0.39 is 5.60 Å². The molecule has 2 unspecified atom stereocenters. The van der Waals surface area contributed by atoms with Crippen LogP contribution >= 0.6 is 24.0 Å². The van der Waals surface area contributed by atoms with Gasteiger partial charge in [-0.2, -0.15) is 0 Å². The zero-order valence-corrected chi connectivity index (χ0v) is 21.8. The van der Waals surface area contributed by atoms with Crippen molar-refractivity contribution in [1.29, 1.82) is 0 Å². The number of ether oxygens (including phenoxy) is 2. The Morgan fingerprint density at radius 3 is 2.82 bits per heavy atom. The molecule has 0 aliphatic carbocycles. The average molecular weight is 571 g/mol. The highest BCUT2D eigenvalue weighted by atomic mass is 127. The minimum Gasteiger partial charge on any atom is -0.444 e. The van der Waals surface area contributed by atoms with Crippen molar-refractivity contribution >= 4 is 47.6 Å². The van der Waals surface area contributed by atoms with E-state index in [0.717, 1.165) is 30.1 Å². The number of benzene rings is 1. The van der Waals surface area contributed by atoms with Crippen LogP contribution in [0.3, 0.4) is 0 Å². The predicted octanol–water partition coefficient (Wildman–Crippen LogP) is 2.80. The Hall–Kier alpha value is -2.08. The minimum absolute atomic E-state index is 0. The summed E-state index contributed by atoms with van der Waals surface area (Å²) in [7, 11) is 0. The Kier molecular flexibility index (Phi) is 8.43. The fourth-order valence-electron chi connectivity index (χ4n) is 4.17. The smallest absolute Gasteiger partial charge is 0.410 e. The first-order chi connectivity index (χ1) is 15.3. The number of rotatable bonds is 4. The van der Waals surface area contributed by atoms with Crippen LogP contribution in [-0.4, -0.2) is 78.3 Å². The summed E-state index contributed by atoms with van der Waals surface area (Å²) in [5.41, 5.74) is 1.32. The fraction of sp³-hybridized carbons (Fsp3) is 0.609. The van der Waals surface area contributed by atoms with Crippen molar-refractivity contribution in [1.82, 2.24) is 15.1 Å². The van der Waals surface area contributed by atoms with Crippen LogP contribution in [-0.2, 0) is 20.8 Å². The zero-order chi connectivity index (χ0) is 22.7. The van der Waals surface area contributed by atoms with Gasteiger partial charge in [0.05, 0.1) is 12.6 Å². The molecule has 4 rings (SSSR count). The predicted molar refractivity (Wildman–Crippen MR) is 137 cm³/mol. The van der Waals surface area contributed by atoms with Gasteiger partial charge in [-0.1, -0.05) is 12.1 Å². The molecule has 0 spiro atoms. The Morgan fingerprint density at radius 2 is 2.09 bits per heavy atom. The zero-order valence-electron chi connectivity index (χ0n) is 19.5. The van der Waals surface area contributed by atoms with Crippen molar-refractivity contribution in [3.8, 4) is 0 Å². The molecule has 2 amide bonds. The lowest BCUT2D eigenvalue weighted by molar-refractivity contribution is -0.124. The highest BCUT2D eigenvalue weighted by Gasteiger charge is 2.36. The third kappa shape index (κ3) is 6.72. The van der Waals surface area contributed by atoms with Crippen LogP contribution in [0.1, 0.15) is 39.2 Å². The first kappa shape index (κ1) is 25.5. The topological polar surface area (TPSA) is 95.5 Å². The maximum absolute atomic E-state index is 12.4. The molecular weight excluding hydrogens is 537 g/mol. The van der Waals surface area contributed by atoms with Gasteiger partial charge in [0, 0.05) is 38.5 Å². The van der Waals surface area contributed by atoms with E-state index in [1.54, 1.807) is 4.90 Å². The normalized spacial score (nSPS) is 22.2. The van der Waals surface area contributed by atoms with E-state index >= 15 is 0 Å². The molecule has 10 heteroatoms. The van der Waals surface area contributed by atoms with Crippen molar-refractivity contribution in [3.05, 3.63) is 29.8 Å². The molecule has 3 heterocycles. The standard InChI is InChI=1S/C23H33N5O4.HI/c1-23(2,3)32-22(30)27-9-10-28-18(15-27)14-25-21(28)24-13-16-6-4-7-17(12-16)26-20(29)19-8-5-11-31-19;/h4,6-7,12,18-19H,5,8-11,13-15H2,1-3H3,(H,24,25)(H,26,29);1H. The number of hydrogen-bond donors (Lipinski definition) is 2. The molecule has 2 saturated heterocycles. The monoisotopic (exact) mass is 571 g/mol. The van der Waals surface area contributed by atoms with Crippen LogP contribution < -0.4 is 10.6 Å². The van der Waals surface area contributed by atoms with E-state index in [1.807, 2.05) is 45.0 Å². The molecule has 3 aliphatic rings. The number of hydrogen-bond acceptors (Lipinski definition) is 7. The number of carbonyl (C=O) groups excluding carboxylic acids is 2. The number of anilines is 1. The number of halogens is 1. The van der Waals surface area contributed by atoms with Gasteiger partial charge in [0.2, 0.25) is 0 Å². The van der Waals surface area contributed by atoms with Crippen molar-refractivity contribution in [2.24, 2.45) is 4.99 Å². The van der Waals surface area contributed by atoms with Gasteiger partial charge in [0.1, 0.15) is 11.7 Å². The summed E-state index contributed by atoms with van der Waals surface area (Å²) < 4.78 is 11.0. The average Bonchev–Trinajstić information content (AvgIpc) is 3.41. The maximum atomic E-state index is 12.4. The lowest BCUT2D eigenvalue weighted by Crippen LogP contribution is -2.57. The van der Waals surface area contributed by atoms with Crippen LogP contribution in [0.25, 0.3) is 0 Å².